The largest absolute Gasteiger partial charge is 0.493 e. The zero-order chi connectivity index (χ0) is 32.4. The van der Waals surface area contributed by atoms with E-state index in [1.807, 2.05) is 42.3 Å². The lowest BCUT2D eigenvalue weighted by molar-refractivity contribution is -0.157. The van der Waals surface area contributed by atoms with Gasteiger partial charge in [0.15, 0.2) is 23.1 Å². The molecule has 9 heteroatoms. The van der Waals surface area contributed by atoms with E-state index in [0.717, 1.165) is 53.7 Å². The summed E-state index contributed by atoms with van der Waals surface area (Å²) in [6.07, 6.45) is 3.07. The molecule has 1 amide bonds. The standard InChI is InChI=1S/C37H40N2O7/c1-4-23-16-24(18-28(17-23)38(2)15-7-10-35(42)46-36-31(40)13-14-32(36)41)22-45-34-20-25-11-12-27-19-26-8-5-6-9-30(26)39(27)37(43)29(25)21-33(34)44-3/h5-6,8-9,16-18,20-21,27,36H,4,7,10-15,19,22H2,1-3H3/t27-/m1/s1. The number of aryl methyl sites for hydroxylation is 2. The number of carbonyl (C=O) groups excluding carboxylic acids is 4. The predicted octanol–water partition coefficient (Wildman–Crippen LogP) is 5.41. The Balaban J connectivity index is 1.12. The highest BCUT2D eigenvalue weighted by Gasteiger charge is 2.38. The monoisotopic (exact) mass is 624 g/mol. The molecule has 6 rings (SSSR count). The number of fused-ring (bicyclic) bond motifs is 4. The van der Waals surface area contributed by atoms with Crippen LogP contribution in [0.5, 0.6) is 11.5 Å². The molecule has 3 aromatic carbocycles. The lowest BCUT2D eigenvalue weighted by atomic mass is 9.99. The molecule has 0 bridgehead atoms. The van der Waals surface area contributed by atoms with Crippen LogP contribution in [0.2, 0.25) is 0 Å². The topological polar surface area (TPSA) is 102 Å². The maximum atomic E-state index is 13.8. The van der Waals surface area contributed by atoms with Crippen molar-refractivity contribution in [3.05, 3.63) is 82.4 Å². The summed E-state index contributed by atoms with van der Waals surface area (Å²) in [7, 11) is 3.55. The smallest absolute Gasteiger partial charge is 0.307 e. The van der Waals surface area contributed by atoms with Crippen molar-refractivity contribution in [2.75, 3.05) is 30.5 Å². The second-order valence-electron chi connectivity index (χ2n) is 12.3. The Morgan fingerprint density at radius 1 is 0.935 bits per heavy atom. The number of methoxy groups -OCH3 is 1. The summed E-state index contributed by atoms with van der Waals surface area (Å²) >= 11 is 0. The molecular weight excluding hydrogens is 584 g/mol. The number of esters is 1. The average molecular weight is 625 g/mol. The summed E-state index contributed by atoms with van der Waals surface area (Å²) in [6.45, 7) is 3.00. The number of anilines is 2. The molecule has 0 unspecified atom stereocenters. The fourth-order valence-corrected chi connectivity index (χ4v) is 6.71. The van der Waals surface area contributed by atoms with Gasteiger partial charge in [0, 0.05) is 55.8 Å². The Morgan fingerprint density at radius 2 is 1.70 bits per heavy atom. The van der Waals surface area contributed by atoms with Gasteiger partial charge in [-0.3, -0.25) is 19.2 Å². The highest BCUT2D eigenvalue weighted by molar-refractivity contribution is 6.12. The van der Waals surface area contributed by atoms with Gasteiger partial charge in [-0.15, -0.1) is 0 Å². The minimum Gasteiger partial charge on any atom is -0.493 e. The number of hydrogen-bond acceptors (Lipinski definition) is 8. The number of para-hydroxylation sites is 1. The molecule has 0 saturated heterocycles. The number of Topliss-reactive ketones (excluding diaryl/α,β-unsaturated/α-hetero) is 2. The first-order chi connectivity index (χ1) is 22.2. The van der Waals surface area contributed by atoms with E-state index in [2.05, 4.69) is 36.1 Å². The van der Waals surface area contributed by atoms with Crippen LogP contribution < -0.4 is 19.3 Å². The van der Waals surface area contributed by atoms with E-state index in [9.17, 15) is 19.2 Å². The van der Waals surface area contributed by atoms with Crippen molar-refractivity contribution in [1.29, 1.82) is 0 Å². The molecular formula is C37H40N2O7. The van der Waals surface area contributed by atoms with Crippen molar-refractivity contribution >= 4 is 34.8 Å². The second kappa shape index (κ2) is 13.4. The van der Waals surface area contributed by atoms with Gasteiger partial charge in [0.2, 0.25) is 6.10 Å². The van der Waals surface area contributed by atoms with Crippen molar-refractivity contribution < 1.29 is 33.4 Å². The fraction of sp³-hybridized carbons (Fsp3) is 0.405. The van der Waals surface area contributed by atoms with E-state index in [0.29, 0.717) is 36.6 Å². The maximum absolute atomic E-state index is 13.8. The third-order valence-corrected chi connectivity index (χ3v) is 9.26. The molecule has 3 aromatic rings. The molecule has 0 N–H and O–H groups in total. The van der Waals surface area contributed by atoms with Crippen LogP contribution in [0.4, 0.5) is 11.4 Å². The van der Waals surface area contributed by atoms with E-state index in [1.165, 1.54) is 5.56 Å². The van der Waals surface area contributed by atoms with Crippen LogP contribution in [-0.2, 0) is 45.0 Å². The summed E-state index contributed by atoms with van der Waals surface area (Å²) < 4.78 is 17.2. The first-order valence-electron chi connectivity index (χ1n) is 16.1. The number of rotatable bonds is 11. The fourth-order valence-electron chi connectivity index (χ4n) is 6.71. The normalized spacial score (nSPS) is 17.3. The molecule has 9 nitrogen and oxygen atoms in total. The van der Waals surface area contributed by atoms with E-state index in [-0.39, 0.29) is 42.8 Å². The van der Waals surface area contributed by atoms with E-state index in [4.69, 9.17) is 14.2 Å². The summed E-state index contributed by atoms with van der Waals surface area (Å²) in [4.78, 5) is 53.7. The Morgan fingerprint density at radius 3 is 2.46 bits per heavy atom. The first-order valence-corrected chi connectivity index (χ1v) is 16.1. The molecule has 46 heavy (non-hydrogen) atoms. The highest BCUT2D eigenvalue weighted by atomic mass is 16.6. The van der Waals surface area contributed by atoms with Crippen molar-refractivity contribution in [2.24, 2.45) is 0 Å². The lowest BCUT2D eigenvalue weighted by Gasteiger charge is -2.23. The molecule has 1 aliphatic carbocycles. The molecule has 240 valence electrons. The van der Waals surface area contributed by atoms with Crippen LogP contribution in [0.3, 0.4) is 0 Å². The number of ether oxygens (including phenoxy) is 3. The molecule has 2 heterocycles. The van der Waals surface area contributed by atoms with Crippen LogP contribution in [0.1, 0.15) is 71.6 Å². The van der Waals surface area contributed by atoms with E-state index in [1.54, 1.807) is 7.11 Å². The van der Waals surface area contributed by atoms with Crippen molar-refractivity contribution in [1.82, 2.24) is 0 Å². The van der Waals surface area contributed by atoms with Gasteiger partial charge in [0.1, 0.15) is 6.61 Å². The van der Waals surface area contributed by atoms with Gasteiger partial charge in [-0.2, -0.15) is 0 Å². The van der Waals surface area contributed by atoms with Gasteiger partial charge in [0.25, 0.3) is 5.91 Å². The zero-order valence-electron chi connectivity index (χ0n) is 26.7. The molecule has 1 fully saturated rings. The van der Waals surface area contributed by atoms with Gasteiger partial charge in [0.05, 0.1) is 7.11 Å². The predicted molar refractivity (Wildman–Crippen MR) is 174 cm³/mol. The van der Waals surface area contributed by atoms with Crippen LogP contribution in [0, 0.1) is 0 Å². The average Bonchev–Trinajstić information content (AvgIpc) is 3.55. The Bertz CT molecular complexity index is 1670. The Kier molecular flexibility index (Phi) is 9.10. The minimum absolute atomic E-state index is 0.00408. The second-order valence-corrected chi connectivity index (χ2v) is 12.3. The van der Waals surface area contributed by atoms with Crippen LogP contribution in [0.25, 0.3) is 0 Å². The summed E-state index contributed by atoms with van der Waals surface area (Å²) in [5.74, 6) is -0.0273. The molecule has 0 aromatic heterocycles. The highest BCUT2D eigenvalue weighted by Crippen LogP contribution is 2.40. The third-order valence-electron chi connectivity index (χ3n) is 9.26. The molecule has 0 spiro atoms. The third kappa shape index (κ3) is 6.36. The van der Waals surface area contributed by atoms with Crippen molar-refractivity contribution in [3.8, 4) is 11.5 Å². The number of carbonyl (C=O) groups is 4. The minimum atomic E-state index is -1.22. The van der Waals surface area contributed by atoms with Crippen LogP contribution in [-0.4, -0.2) is 56.3 Å². The molecule has 1 saturated carbocycles. The van der Waals surface area contributed by atoms with Crippen LogP contribution >= 0.6 is 0 Å². The van der Waals surface area contributed by atoms with E-state index >= 15 is 0 Å². The zero-order valence-corrected chi connectivity index (χ0v) is 26.7. The number of ketones is 2. The number of nitrogens with zero attached hydrogens (tertiary/aromatic N) is 2. The lowest BCUT2D eigenvalue weighted by Crippen LogP contribution is -2.36. The molecule has 1 atom stereocenters. The number of benzene rings is 3. The quantitative estimate of drug-likeness (QED) is 0.206. The van der Waals surface area contributed by atoms with Gasteiger partial charge >= 0.3 is 5.97 Å². The van der Waals surface area contributed by atoms with Crippen LogP contribution in [0.15, 0.2) is 54.6 Å². The molecule has 0 radical (unpaired) electrons. The summed E-state index contributed by atoms with van der Waals surface area (Å²) in [5, 5.41) is 0. The summed E-state index contributed by atoms with van der Waals surface area (Å²) in [5.41, 5.74) is 6.98. The van der Waals surface area contributed by atoms with E-state index < -0.39 is 12.1 Å². The number of hydrogen-bond donors (Lipinski definition) is 0. The van der Waals surface area contributed by atoms with Crippen molar-refractivity contribution in [2.45, 2.75) is 77.0 Å². The Labute approximate surface area is 269 Å². The number of amides is 1. The SMILES string of the molecule is CCc1cc(COc2cc3c(cc2OC)C(=O)N2c4ccccc4C[C@H]2CC3)cc(N(C)CCCC(=O)OC2C(=O)CCC2=O)c1. The van der Waals surface area contributed by atoms with Gasteiger partial charge in [-0.25, -0.2) is 0 Å². The molecule has 2 aliphatic heterocycles. The maximum Gasteiger partial charge on any atom is 0.307 e. The Hall–Kier alpha value is -4.66. The van der Waals surface area contributed by atoms with Crippen molar-refractivity contribution in [3.63, 3.8) is 0 Å². The van der Waals surface area contributed by atoms with Gasteiger partial charge in [-0.1, -0.05) is 31.2 Å². The van der Waals surface area contributed by atoms with Gasteiger partial charge < -0.3 is 24.0 Å². The summed E-state index contributed by atoms with van der Waals surface area (Å²) in [6, 6.07) is 18.4. The van der Waals surface area contributed by atoms with Gasteiger partial charge in [-0.05, 0) is 84.7 Å². The first kappa shape index (κ1) is 31.3. The molecule has 3 aliphatic rings.